The lowest BCUT2D eigenvalue weighted by molar-refractivity contribution is 0.102. The van der Waals surface area contributed by atoms with Crippen LogP contribution < -0.4 is 5.32 Å². The van der Waals surface area contributed by atoms with Gasteiger partial charge in [-0.05, 0) is 49.8 Å². The van der Waals surface area contributed by atoms with Gasteiger partial charge in [0.1, 0.15) is 0 Å². The average molecular weight is 380 g/mol. The first-order valence-corrected chi connectivity index (χ1v) is 10.2. The van der Waals surface area contributed by atoms with Crippen molar-refractivity contribution in [3.63, 3.8) is 0 Å². The van der Waals surface area contributed by atoms with E-state index in [1.54, 1.807) is 0 Å². The van der Waals surface area contributed by atoms with Crippen LogP contribution in [0.25, 0.3) is 0 Å². The second kappa shape index (κ2) is 10.1. The van der Waals surface area contributed by atoms with E-state index in [9.17, 15) is 4.79 Å². The Hall–Kier alpha value is -1.30. The number of carbonyl (C=O) groups is 1. The zero-order chi connectivity index (χ0) is 18.2. The number of carbonyl (C=O) groups excluding carboxylic acids is 1. The third kappa shape index (κ3) is 6.15. The van der Waals surface area contributed by atoms with Gasteiger partial charge in [0.15, 0.2) is 0 Å². The molecular formula is C20H30ClN3O2. The first-order chi connectivity index (χ1) is 12.7. The van der Waals surface area contributed by atoms with Crippen LogP contribution in [0, 0.1) is 0 Å². The van der Waals surface area contributed by atoms with Crippen molar-refractivity contribution in [2.24, 2.45) is 0 Å². The molecule has 144 valence electrons. The highest BCUT2D eigenvalue weighted by Gasteiger charge is 2.21. The number of benzene rings is 1. The Bertz CT molecular complexity index is 570. The number of ether oxygens (including phenoxy) is 1. The van der Waals surface area contributed by atoms with Crippen molar-refractivity contribution < 1.29 is 9.53 Å². The Balaban J connectivity index is 1.28. The summed E-state index contributed by atoms with van der Waals surface area (Å²) < 4.78 is 5.63. The van der Waals surface area contributed by atoms with E-state index in [1.807, 2.05) is 23.1 Å². The van der Waals surface area contributed by atoms with E-state index in [4.69, 9.17) is 16.3 Å². The third-order valence-corrected chi connectivity index (χ3v) is 5.44. The molecule has 2 saturated heterocycles. The SMILES string of the molecule is O=C(NCCCCC1CCCO1)N1CCN(Cc2cccc(Cl)c2)CC1. The predicted octanol–water partition coefficient (Wildman–Crippen LogP) is 3.52. The molecule has 2 aliphatic heterocycles. The quantitative estimate of drug-likeness (QED) is 0.737. The molecule has 0 aliphatic carbocycles. The van der Waals surface area contributed by atoms with Gasteiger partial charge in [-0.25, -0.2) is 4.79 Å². The fourth-order valence-corrected chi connectivity index (χ4v) is 3.89. The van der Waals surface area contributed by atoms with Crippen LogP contribution in [0.5, 0.6) is 0 Å². The molecule has 1 N–H and O–H groups in total. The van der Waals surface area contributed by atoms with Crippen molar-refractivity contribution in [1.82, 2.24) is 15.1 Å². The molecular weight excluding hydrogens is 350 g/mol. The van der Waals surface area contributed by atoms with Crippen molar-refractivity contribution >= 4 is 17.6 Å². The van der Waals surface area contributed by atoms with Gasteiger partial charge >= 0.3 is 6.03 Å². The van der Waals surface area contributed by atoms with E-state index in [0.29, 0.717) is 6.10 Å². The minimum absolute atomic E-state index is 0.0736. The monoisotopic (exact) mass is 379 g/mol. The summed E-state index contributed by atoms with van der Waals surface area (Å²) in [6.07, 6.45) is 6.13. The number of hydrogen-bond donors (Lipinski definition) is 1. The number of halogens is 1. The second-order valence-corrected chi connectivity index (χ2v) is 7.69. The van der Waals surface area contributed by atoms with E-state index < -0.39 is 0 Å². The van der Waals surface area contributed by atoms with E-state index in [0.717, 1.165) is 70.2 Å². The van der Waals surface area contributed by atoms with Crippen LogP contribution in [0.15, 0.2) is 24.3 Å². The lowest BCUT2D eigenvalue weighted by Crippen LogP contribution is -2.51. The van der Waals surface area contributed by atoms with Crippen molar-refractivity contribution in [3.05, 3.63) is 34.9 Å². The van der Waals surface area contributed by atoms with Gasteiger partial charge in [-0.15, -0.1) is 0 Å². The highest BCUT2D eigenvalue weighted by Crippen LogP contribution is 2.17. The zero-order valence-corrected chi connectivity index (χ0v) is 16.2. The molecule has 5 nitrogen and oxygen atoms in total. The summed E-state index contributed by atoms with van der Waals surface area (Å²) in [7, 11) is 0. The van der Waals surface area contributed by atoms with Crippen LogP contribution in [-0.2, 0) is 11.3 Å². The van der Waals surface area contributed by atoms with Crippen LogP contribution >= 0.6 is 11.6 Å². The molecule has 0 bridgehead atoms. The van der Waals surface area contributed by atoms with Gasteiger partial charge < -0.3 is 15.0 Å². The van der Waals surface area contributed by atoms with Crippen LogP contribution in [0.2, 0.25) is 5.02 Å². The Morgan fingerprint density at radius 1 is 1.23 bits per heavy atom. The number of rotatable bonds is 7. The first-order valence-electron chi connectivity index (χ1n) is 9.82. The Kier molecular flexibility index (Phi) is 7.59. The molecule has 1 atom stereocenters. The second-order valence-electron chi connectivity index (χ2n) is 7.26. The summed E-state index contributed by atoms with van der Waals surface area (Å²) in [5.74, 6) is 0. The lowest BCUT2D eigenvalue weighted by atomic mass is 10.1. The first kappa shape index (κ1) is 19.5. The topological polar surface area (TPSA) is 44.8 Å². The van der Waals surface area contributed by atoms with E-state index in [1.165, 1.54) is 18.4 Å². The van der Waals surface area contributed by atoms with E-state index in [-0.39, 0.29) is 6.03 Å². The molecule has 2 fully saturated rings. The largest absolute Gasteiger partial charge is 0.378 e. The van der Waals surface area contributed by atoms with Crippen molar-refractivity contribution in [2.45, 2.75) is 44.8 Å². The van der Waals surface area contributed by atoms with Gasteiger partial charge in [0.2, 0.25) is 0 Å². The molecule has 3 rings (SSSR count). The average Bonchev–Trinajstić information content (AvgIpc) is 3.15. The fraction of sp³-hybridized carbons (Fsp3) is 0.650. The minimum atomic E-state index is 0.0736. The van der Waals surface area contributed by atoms with Crippen LogP contribution in [-0.4, -0.2) is 61.3 Å². The normalized spacial score (nSPS) is 21.1. The molecule has 0 aromatic heterocycles. The number of unbranched alkanes of at least 4 members (excludes halogenated alkanes) is 1. The van der Waals surface area contributed by atoms with Crippen LogP contribution in [0.4, 0.5) is 4.79 Å². The molecule has 0 radical (unpaired) electrons. The Morgan fingerprint density at radius 3 is 2.81 bits per heavy atom. The molecule has 0 spiro atoms. The summed E-state index contributed by atoms with van der Waals surface area (Å²) in [4.78, 5) is 16.6. The van der Waals surface area contributed by atoms with Gasteiger partial charge in [0.05, 0.1) is 6.10 Å². The molecule has 2 heterocycles. The molecule has 1 aromatic rings. The van der Waals surface area contributed by atoms with Gasteiger partial charge in [0.25, 0.3) is 0 Å². The van der Waals surface area contributed by atoms with Gasteiger partial charge in [0, 0.05) is 50.9 Å². The van der Waals surface area contributed by atoms with Crippen molar-refractivity contribution in [1.29, 1.82) is 0 Å². The summed E-state index contributed by atoms with van der Waals surface area (Å²) in [6, 6.07) is 8.07. The number of nitrogens with one attached hydrogen (secondary N) is 1. The predicted molar refractivity (Wildman–Crippen MR) is 105 cm³/mol. The van der Waals surface area contributed by atoms with E-state index in [2.05, 4.69) is 16.3 Å². The molecule has 26 heavy (non-hydrogen) atoms. The number of nitrogens with zero attached hydrogens (tertiary/aromatic N) is 2. The summed E-state index contributed by atoms with van der Waals surface area (Å²) in [5.41, 5.74) is 1.22. The van der Waals surface area contributed by atoms with Gasteiger partial charge in [-0.1, -0.05) is 23.7 Å². The lowest BCUT2D eigenvalue weighted by Gasteiger charge is -2.34. The van der Waals surface area contributed by atoms with Crippen LogP contribution in [0.3, 0.4) is 0 Å². The van der Waals surface area contributed by atoms with Gasteiger partial charge in [-0.2, -0.15) is 0 Å². The molecule has 0 saturated carbocycles. The molecule has 1 aromatic carbocycles. The standard InChI is InChI=1S/C20H30ClN3O2/c21-18-6-3-5-17(15-18)16-23-10-12-24(13-11-23)20(25)22-9-2-1-7-19-8-4-14-26-19/h3,5-6,15,19H,1-2,4,7-14,16H2,(H,22,25). The number of piperazine rings is 1. The van der Waals surface area contributed by atoms with Gasteiger partial charge in [-0.3, -0.25) is 4.90 Å². The summed E-state index contributed by atoms with van der Waals surface area (Å²) >= 11 is 6.05. The van der Waals surface area contributed by atoms with E-state index >= 15 is 0 Å². The smallest absolute Gasteiger partial charge is 0.317 e. The summed E-state index contributed by atoms with van der Waals surface area (Å²) in [5, 5.41) is 3.84. The highest BCUT2D eigenvalue weighted by molar-refractivity contribution is 6.30. The molecule has 2 amide bonds. The number of urea groups is 1. The molecule has 2 aliphatic rings. The number of amides is 2. The van der Waals surface area contributed by atoms with Crippen LogP contribution in [0.1, 0.15) is 37.7 Å². The maximum atomic E-state index is 12.3. The number of hydrogen-bond acceptors (Lipinski definition) is 3. The summed E-state index contributed by atoms with van der Waals surface area (Å²) in [6.45, 7) is 5.93. The van der Waals surface area contributed by atoms with Crippen molar-refractivity contribution in [3.8, 4) is 0 Å². The fourth-order valence-electron chi connectivity index (χ4n) is 3.68. The minimum Gasteiger partial charge on any atom is -0.378 e. The Labute approximate surface area is 161 Å². The highest BCUT2D eigenvalue weighted by atomic mass is 35.5. The third-order valence-electron chi connectivity index (χ3n) is 5.21. The Morgan fingerprint density at radius 2 is 2.08 bits per heavy atom. The zero-order valence-electron chi connectivity index (χ0n) is 15.5. The van der Waals surface area contributed by atoms with Crippen molar-refractivity contribution in [2.75, 3.05) is 39.3 Å². The molecule has 1 unspecified atom stereocenters. The maximum Gasteiger partial charge on any atom is 0.317 e. The maximum absolute atomic E-state index is 12.3. The molecule has 6 heteroatoms.